The SMILES string of the molecule is O=C(O)c1cc(SCCc2ccccc2)ccc1CS(=O)(=O)c1ccccc1. The van der Waals surface area contributed by atoms with Crippen LogP contribution in [0.1, 0.15) is 21.5 Å². The second kappa shape index (κ2) is 9.08. The molecule has 0 bridgehead atoms. The summed E-state index contributed by atoms with van der Waals surface area (Å²) < 4.78 is 25.2. The van der Waals surface area contributed by atoms with Crippen LogP contribution >= 0.6 is 11.8 Å². The van der Waals surface area contributed by atoms with Gasteiger partial charge in [0, 0.05) is 10.6 Å². The molecule has 0 aliphatic carbocycles. The minimum atomic E-state index is -3.61. The fourth-order valence-corrected chi connectivity index (χ4v) is 5.16. The van der Waals surface area contributed by atoms with Crippen LogP contribution in [-0.4, -0.2) is 25.2 Å². The second-order valence-electron chi connectivity index (χ2n) is 6.28. The van der Waals surface area contributed by atoms with Crippen LogP contribution in [-0.2, 0) is 22.0 Å². The third-order valence-electron chi connectivity index (χ3n) is 4.26. The molecule has 0 aliphatic heterocycles. The minimum absolute atomic E-state index is 0.0317. The summed E-state index contributed by atoms with van der Waals surface area (Å²) in [5.41, 5.74) is 1.55. The van der Waals surface area contributed by atoms with Crippen molar-refractivity contribution in [1.82, 2.24) is 0 Å². The lowest BCUT2D eigenvalue weighted by atomic mass is 10.1. The third-order valence-corrected chi connectivity index (χ3v) is 6.94. The first kappa shape index (κ1) is 20.2. The monoisotopic (exact) mass is 412 g/mol. The first-order chi connectivity index (χ1) is 13.5. The van der Waals surface area contributed by atoms with Crippen LogP contribution in [0.3, 0.4) is 0 Å². The molecule has 0 saturated carbocycles. The number of carboxylic acid groups (broad SMARTS) is 1. The summed E-state index contributed by atoms with van der Waals surface area (Å²) in [6, 6.07) is 23.1. The van der Waals surface area contributed by atoms with Crippen LogP contribution in [0.5, 0.6) is 0 Å². The molecular formula is C22H20O4S2. The highest BCUT2D eigenvalue weighted by atomic mass is 32.2. The Morgan fingerprint density at radius 1 is 0.893 bits per heavy atom. The van der Waals surface area contributed by atoms with E-state index >= 15 is 0 Å². The topological polar surface area (TPSA) is 71.4 Å². The van der Waals surface area contributed by atoms with Crippen LogP contribution in [0.25, 0.3) is 0 Å². The van der Waals surface area contributed by atoms with Gasteiger partial charge >= 0.3 is 5.97 Å². The highest BCUT2D eigenvalue weighted by Crippen LogP contribution is 2.25. The molecule has 0 heterocycles. The van der Waals surface area contributed by atoms with Crippen molar-refractivity contribution in [1.29, 1.82) is 0 Å². The number of carbonyl (C=O) groups is 1. The first-order valence-corrected chi connectivity index (χ1v) is 11.4. The van der Waals surface area contributed by atoms with Crippen molar-refractivity contribution < 1.29 is 18.3 Å². The number of thioether (sulfide) groups is 1. The van der Waals surface area contributed by atoms with E-state index in [-0.39, 0.29) is 16.2 Å². The Balaban J connectivity index is 1.75. The molecule has 1 N–H and O–H groups in total. The number of rotatable bonds is 8. The van der Waals surface area contributed by atoms with Gasteiger partial charge in [-0.3, -0.25) is 0 Å². The molecule has 144 valence electrons. The Kier molecular flexibility index (Phi) is 6.54. The third kappa shape index (κ3) is 5.24. The number of hydrogen-bond acceptors (Lipinski definition) is 4. The number of benzene rings is 3. The standard InChI is InChI=1S/C22H20O4S2/c23-22(24)21-15-19(27-14-13-17-7-3-1-4-8-17)12-11-18(21)16-28(25,26)20-9-5-2-6-10-20/h1-12,15H,13-14,16H2,(H,23,24). The number of hydrogen-bond donors (Lipinski definition) is 1. The molecule has 3 aromatic rings. The van der Waals surface area contributed by atoms with Gasteiger partial charge in [-0.05, 0) is 41.8 Å². The fourth-order valence-electron chi connectivity index (χ4n) is 2.82. The van der Waals surface area contributed by atoms with Crippen LogP contribution in [0, 0.1) is 0 Å². The maximum Gasteiger partial charge on any atom is 0.336 e. The average molecular weight is 413 g/mol. The lowest BCUT2D eigenvalue weighted by molar-refractivity contribution is 0.0695. The van der Waals surface area contributed by atoms with Gasteiger partial charge < -0.3 is 5.11 Å². The van der Waals surface area contributed by atoms with Crippen molar-refractivity contribution in [3.05, 3.63) is 95.6 Å². The molecular weight excluding hydrogens is 392 g/mol. The summed E-state index contributed by atoms with van der Waals surface area (Å²) in [4.78, 5) is 12.7. The Morgan fingerprint density at radius 2 is 1.54 bits per heavy atom. The van der Waals surface area contributed by atoms with E-state index in [4.69, 9.17) is 0 Å². The van der Waals surface area contributed by atoms with Gasteiger partial charge in [-0.15, -0.1) is 11.8 Å². The van der Waals surface area contributed by atoms with Gasteiger partial charge in [0.2, 0.25) is 0 Å². The Bertz CT molecular complexity index is 1050. The van der Waals surface area contributed by atoms with E-state index in [0.717, 1.165) is 17.1 Å². The van der Waals surface area contributed by atoms with E-state index in [1.807, 2.05) is 18.2 Å². The van der Waals surface area contributed by atoms with Crippen molar-refractivity contribution >= 4 is 27.6 Å². The smallest absolute Gasteiger partial charge is 0.336 e. The maximum atomic E-state index is 12.6. The summed E-state index contributed by atoms with van der Waals surface area (Å²) in [7, 11) is -3.61. The zero-order valence-corrected chi connectivity index (χ0v) is 16.7. The molecule has 0 aromatic heterocycles. The summed E-state index contributed by atoms with van der Waals surface area (Å²) in [5.74, 6) is -0.651. The molecule has 6 heteroatoms. The van der Waals surface area contributed by atoms with Crippen molar-refractivity contribution in [2.45, 2.75) is 22.0 Å². The molecule has 0 saturated heterocycles. The molecule has 0 atom stereocenters. The average Bonchev–Trinajstić information content (AvgIpc) is 2.70. The molecule has 0 radical (unpaired) electrons. The van der Waals surface area contributed by atoms with Crippen molar-refractivity contribution in [2.24, 2.45) is 0 Å². The molecule has 0 fully saturated rings. The Morgan fingerprint density at radius 3 is 2.18 bits per heavy atom. The van der Waals surface area contributed by atoms with Crippen LogP contribution in [0.2, 0.25) is 0 Å². The number of carboxylic acids is 1. The maximum absolute atomic E-state index is 12.6. The molecule has 3 rings (SSSR count). The molecule has 28 heavy (non-hydrogen) atoms. The van der Waals surface area contributed by atoms with Gasteiger partial charge in [-0.2, -0.15) is 0 Å². The Labute approximate surface area is 169 Å². The zero-order valence-electron chi connectivity index (χ0n) is 15.1. The van der Waals surface area contributed by atoms with Crippen LogP contribution in [0.15, 0.2) is 88.7 Å². The van der Waals surface area contributed by atoms with Crippen molar-refractivity contribution in [3.63, 3.8) is 0 Å². The lowest BCUT2D eigenvalue weighted by Crippen LogP contribution is -2.10. The van der Waals surface area contributed by atoms with E-state index < -0.39 is 15.8 Å². The van der Waals surface area contributed by atoms with E-state index in [1.54, 1.807) is 48.2 Å². The van der Waals surface area contributed by atoms with E-state index in [2.05, 4.69) is 12.1 Å². The fraction of sp³-hybridized carbons (Fsp3) is 0.136. The van der Waals surface area contributed by atoms with Gasteiger partial charge in [0.25, 0.3) is 0 Å². The lowest BCUT2D eigenvalue weighted by Gasteiger charge is -2.10. The highest BCUT2D eigenvalue weighted by Gasteiger charge is 2.20. The van der Waals surface area contributed by atoms with Gasteiger partial charge in [0.1, 0.15) is 0 Å². The van der Waals surface area contributed by atoms with Crippen molar-refractivity contribution in [3.8, 4) is 0 Å². The molecule has 0 spiro atoms. The summed E-state index contributed by atoms with van der Waals surface area (Å²) >= 11 is 1.56. The molecule has 4 nitrogen and oxygen atoms in total. The van der Waals surface area contributed by atoms with Crippen LogP contribution in [0.4, 0.5) is 0 Å². The van der Waals surface area contributed by atoms with Crippen molar-refractivity contribution in [2.75, 3.05) is 5.75 Å². The molecule has 0 aliphatic rings. The highest BCUT2D eigenvalue weighted by molar-refractivity contribution is 7.99. The van der Waals surface area contributed by atoms with E-state index in [9.17, 15) is 18.3 Å². The van der Waals surface area contributed by atoms with Gasteiger partial charge in [-0.25, -0.2) is 13.2 Å². The molecule has 0 amide bonds. The predicted octanol–water partition coefficient (Wildman–Crippen LogP) is 4.69. The van der Waals surface area contributed by atoms with Gasteiger partial charge in [-0.1, -0.05) is 54.6 Å². The van der Waals surface area contributed by atoms with Crippen LogP contribution < -0.4 is 0 Å². The second-order valence-corrected chi connectivity index (χ2v) is 9.44. The zero-order chi connectivity index (χ0) is 20.0. The van der Waals surface area contributed by atoms with E-state index in [1.165, 1.54) is 17.7 Å². The van der Waals surface area contributed by atoms with E-state index in [0.29, 0.717) is 5.56 Å². The summed E-state index contributed by atoms with van der Waals surface area (Å²) in [6.07, 6.45) is 0.873. The summed E-state index contributed by atoms with van der Waals surface area (Å²) in [6.45, 7) is 0. The molecule has 0 unspecified atom stereocenters. The van der Waals surface area contributed by atoms with Gasteiger partial charge in [0.15, 0.2) is 9.84 Å². The molecule has 3 aromatic carbocycles. The minimum Gasteiger partial charge on any atom is -0.478 e. The van der Waals surface area contributed by atoms with Gasteiger partial charge in [0.05, 0.1) is 16.2 Å². The normalized spacial score (nSPS) is 11.3. The predicted molar refractivity (Wildman–Crippen MR) is 112 cm³/mol. The first-order valence-electron chi connectivity index (χ1n) is 8.76. The number of sulfone groups is 1. The Hall–Kier alpha value is -2.57. The largest absolute Gasteiger partial charge is 0.478 e. The number of aryl methyl sites for hydroxylation is 1. The quantitative estimate of drug-likeness (QED) is 0.543. The summed E-state index contributed by atoms with van der Waals surface area (Å²) in [5, 5.41) is 9.56. The number of aromatic carboxylic acids is 1.